The number of carboxylic acid groups (broad SMARTS) is 8. The molecular weight excluding hydrogens is 1550 g/mol. The molecule has 0 spiro atoms. The smallest absolute Gasteiger partial charge is 0.354 e. The van der Waals surface area contributed by atoms with E-state index in [4.69, 9.17) is 60.7 Å². The molecule has 41 heteroatoms. The molecule has 0 aliphatic carbocycles. The first-order valence-electron chi connectivity index (χ1n) is 37.0. The Balaban J connectivity index is 1.06. The molecule has 2 aromatic heterocycles. The number of carbonyl (C=O) groups is 10. The number of rotatable bonds is 39. The van der Waals surface area contributed by atoms with Gasteiger partial charge in [0.2, 0.25) is 0 Å². The van der Waals surface area contributed by atoms with Gasteiger partial charge in [-0.25, -0.2) is 33.9 Å². The van der Waals surface area contributed by atoms with Crippen molar-refractivity contribution in [3.8, 4) is 0 Å². The lowest BCUT2D eigenvalue weighted by atomic mass is 10.0. The molecule has 3 atom stereocenters. The van der Waals surface area contributed by atoms with Crippen LogP contribution in [0.1, 0.15) is 86.8 Å². The van der Waals surface area contributed by atoms with Crippen LogP contribution in [-0.4, -0.2) is 344 Å². The van der Waals surface area contributed by atoms with Gasteiger partial charge in [-0.05, 0) is 141 Å². The van der Waals surface area contributed by atoms with Crippen molar-refractivity contribution in [2.45, 2.75) is 76.2 Å². The average molecular weight is 1650 g/mol. The summed E-state index contributed by atoms with van der Waals surface area (Å²) < 4.78 is 23.7. The minimum Gasteiger partial charge on any atom is -0.481 e. The van der Waals surface area contributed by atoms with Crippen LogP contribution in [0, 0.1) is 0 Å². The standard InChI is InChI=1S/C73H102N16O22S3/c90-61(50-12-16-52(17-13-50)80-71(112)74-18-2-1-6-58(67(101)102)82-70(107)83-59(68(103)104)8-4-9-62(91)92)45-84(21-19-75-72(113)79-51-14-10-49(11-15-51)39-56-44-88(47-64(95)96)24-23-85(46-63(93)94)25-26-89(56)48-65(97)98)22-20-76-73(114)81-54-40-55(78-60(41-54)69(105)106)43-87-29-33-110-37-35-108-31-27-86(28-32-109-36-38-111-34-30-87)42-53-5-3-7-57(77-53)66(99)100/h3,5,7,10-17,40-41,56,58-59H,1-2,4,6,8-9,18-39,42-48H2,(H,91,92)(H,93,94)(H,95,96)(H,97,98)(H,99,100)(H,101,102)(H,103,104)(H,105,106)(H2,74,80,112)(H2,75,79,113)(H2,82,83,107)(H2,76,78,81,114). The number of thiocarbonyl (C=S) groups is 3. The van der Waals surface area contributed by atoms with Gasteiger partial charge in [-0.3, -0.25) is 53.4 Å². The molecule has 6 rings (SSSR count). The molecule has 2 amide bonds. The lowest BCUT2D eigenvalue weighted by Crippen LogP contribution is -2.51. The number of pyridine rings is 2. The second kappa shape index (κ2) is 51.1. The number of unbranched alkanes of at least 4 members (excludes halogenated alkanes) is 1. The van der Waals surface area contributed by atoms with Crippen LogP contribution in [0.2, 0.25) is 0 Å². The largest absolute Gasteiger partial charge is 0.481 e. The van der Waals surface area contributed by atoms with Gasteiger partial charge in [0.1, 0.15) is 17.8 Å². The van der Waals surface area contributed by atoms with Gasteiger partial charge in [-0.2, -0.15) is 0 Å². The van der Waals surface area contributed by atoms with Crippen LogP contribution in [0.3, 0.4) is 0 Å². The summed E-state index contributed by atoms with van der Waals surface area (Å²) in [4.78, 5) is 141. The number of ketones is 1. The topological polar surface area (TPSA) is 511 Å². The number of carboxylic acids is 8. The van der Waals surface area contributed by atoms with Crippen LogP contribution >= 0.6 is 36.7 Å². The molecule has 16 N–H and O–H groups in total. The summed E-state index contributed by atoms with van der Waals surface area (Å²) in [5, 5.41) is 101. The van der Waals surface area contributed by atoms with E-state index in [0.29, 0.717) is 145 Å². The zero-order valence-corrected chi connectivity index (χ0v) is 65.5. The van der Waals surface area contributed by atoms with E-state index in [1.165, 1.54) is 12.1 Å². The Kier molecular flexibility index (Phi) is 41.6. The molecule has 0 bridgehead atoms. The minimum absolute atomic E-state index is 0.00456. The maximum atomic E-state index is 14.1. The van der Waals surface area contributed by atoms with Gasteiger partial charge in [-0.15, -0.1) is 0 Å². The maximum Gasteiger partial charge on any atom is 0.354 e. The van der Waals surface area contributed by atoms with Crippen LogP contribution < -0.4 is 42.5 Å². The Bertz CT molecular complexity index is 3820. The Hall–Kier alpha value is -9.89. The zero-order valence-electron chi connectivity index (χ0n) is 63.1. The van der Waals surface area contributed by atoms with E-state index in [1.807, 2.05) is 21.9 Å². The number of hydrogen-bond donors (Lipinski definition) is 16. The third-order valence-corrected chi connectivity index (χ3v) is 18.6. The molecule has 4 heterocycles. The number of anilines is 3. The Labute approximate surface area is 674 Å². The highest BCUT2D eigenvalue weighted by Gasteiger charge is 2.30. The number of nitrogens with one attached hydrogen (secondary N) is 8. The lowest BCUT2D eigenvalue weighted by molar-refractivity contribution is -0.141. The number of benzene rings is 2. The van der Waals surface area contributed by atoms with E-state index in [-0.39, 0.29) is 150 Å². The predicted octanol–water partition coefficient (Wildman–Crippen LogP) is 1.72. The van der Waals surface area contributed by atoms with Gasteiger partial charge >= 0.3 is 53.8 Å². The molecule has 2 aliphatic rings. The van der Waals surface area contributed by atoms with Crippen molar-refractivity contribution >= 4 is 129 Å². The zero-order chi connectivity index (χ0) is 82.7. The summed E-state index contributed by atoms with van der Waals surface area (Å²) in [6.07, 6.45) is 0.564. The lowest BCUT2D eigenvalue weighted by Gasteiger charge is -2.33. The molecule has 624 valence electrons. The van der Waals surface area contributed by atoms with Crippen molar-refractivity contribution in [2.75, 3.05) is 187 Å². The Morgan fingerprint density at radius 2 is 0.947 bits per heavy atom. The van der Waals surface area contributed by atoms with E-state index < -0.39 is 71.9 Å². The SMILES string of the molecule is O=C(O)CCCC(NC(=O)NC(CCCCNC(=S)Nc1ccc(C(=O)CN(CCNC(=S)Nc2ccc(CC3CN(CC(=O)O)CCN(CC(=O)O)CCN3CC(=O)O)cc2)CCNC(=S)Nc2cc(CN3CCOCCOCCN(Cc4cccc(C(=O)O)n4)CCOCCOCC3)nc(C(=O)O)c2)cc1)C(=O)O)C(=O)O. The first kappa shape index (κ1) is 93.0. The molecule has 0 saturated carbocycles. The second-order valence-electron chi connectivity index (χ2n) is 26.7. The first-order valence-corrected chi connectivity index (χ1v) is 38.2. The second-order valence-corrected chi connectivity index (χ2v) is 27.9. The van der Waals surface area contributed by atoms with E-state index in [1.54, 1.807) is 69.3 Å². The van der Waals surface area contributed by atoms with Crippen molar-refractivity contribution in [1.29, 1.82) is 0 Å². The fourth-order valence-electron chi connectivity index (χ4n) is 12.1. The van der Waals surface area contributed by atoms with Crippen molar-refractivity contribution in [3.05, 3.63) is 113 Å². The number of nitrogens with zero attached hydrogens (tertiary/aromatic N) is 8. The number of hydrogen-bond acceptors (Lipinski definition) is 25. The fourth-order valence-corrected chi connectivity index (χ4v) is 12.7. The summed E-state index contributed by atoms with van der Waals surface area (Å²) in [7, 11) is 0. The highest BCUT2D eigenvalue weighted by Crippen LogP contribution is 2.19. The molecule has 3 unspecified atom stereocenters. The van der Waals surface area contributed by atoms with Crippen LogP contribution in [0.5, 0.6) is 0 Å². The van der Waals surface area contributed by atoms with Crippen molar-refractivity contribution in [1.82, 2.24) is 66.0 Å². The number of urea groups is 1. The number of aromatic nitrogens is 2. The normalized spacial score (nSPS) is 16.3. The van der Waals surface area contributed by atoms with E-state index in [2.05, 4.69) is 57.4 Å². The van der Waals surface area contributed by atoms with Gasteiger partial charge in [-0.1, -0.05) is 18.2 Å². The van der Waals surface area contributed by atoms with Crippen molar-refractivity contribution in [3.63, 3.8) is 0 Å². The highest BCUT2D eigenvalue weighted by atomic mass is 32.1. The van der Waals surface area contributed by atoms with Gasteiger partial charge in [0.05, 0.1) is 90.4 Å². The van der Waals surface area contributed by atoms with E-state index in [0.717, 1.165) is 5.56 Å². The summed E-state index contributed by atoms with van der Waals surface area (Å²) in [5.74, 6) is -9.72. The quantitative estimate of drug-likeness (QED) is 0.0172. The monoisotopic (exact) mass is 1650 g/mol. The third kappa shape index (κ3) is 37.8. The van der Waals surface area contributed by atoms with Gasteiger partial charge in [0.15, 0.2) is 26.8 Å². The fraction of sp³-hybridized carbons (Fsp3) is 0.521. The highest BCUT2D eigenvalue weighted by molar-refractivity contribution is 7.80. The summed E-state index contributed by atoms with van der Waals surface area (Å²) in [6.45, 7) is 6.65. The molecule has 4 aromatic rings. The molecule has 38 nitrogen and oxygen atoms in total. The van der Waals surface area contributed by atoms with E-state index in [9.17, 15) is 83.7 Å². The Morgan fingerprint density at radius 3 is 1.46 bits per heavy atom. The molecule has 2 fully saturated rings. The van der Waals surface area contributed by atoms with Crippen molar-refractivity contribution in [2.24, 2.45) is 0 Å². The molecule has 2 aliphatic heterocycles. The predicted molar refractivity (Wildman–Crippen MR) is 427 cm³/mol. The van der Waals surface area contributed by atoms with Crippen LogP contribution in [0.25, 0.3) is 0 Å². The number of Topliss-reactive ketones (excluding diaryl/α,β-unsaturated/α-hetero) is 1. The maximum absolute atomic E-state index is 14.1. The van der Waals surface area contributed by atoms with Gasteiger partial charge in [0, 0.05) is 140 Å². The molecule has 0 radical (unpaired) electrons. The molecule has 2 aromatic carbocycles. The van der Waals surface area contributed by atoms with Crippen LogP contribution in [0.15, 0.2) is 78.9 Å². The van der Waals surface area contributed by atoms with Gasteiger partial charge < -0.3 is 102 Å². The number of aromatic carboxylic acids is 2. The third-order valence-electron chi connectivity index (χ3n) is 17.8. The van der Waals surface area contributed by atoms with Gasteiger partial charge in [0.25, 0.3) is 0 Å². The molecule has 2 saturated heterocycles. The molecular formula is C73H102N16O22S3. The number of carbonyl (C=O) groups excluding carboxylic acids is 2. The first-order chi connectivity index (χ1) is 54.6. The van der Waals surface area contributed by atoms with Crippen LogP contribution in [0.4, 0.5) is 21.9 Å². The number of amides is 2. The average Bonchev–Trinajstić information content (AvgIpc) is 1.34. The minimum atomic E-state index is -1.42. The van der Waals surface area contributed by atoms with E-state index >= 15 is 0 Å². The van der Waals surface area contributed by atoms with Crippen molar-refractivity contribution < 1.29 is 108 Å². The molecule has 114 heavy (non-hydrogen) atoms. The summed E-state index contributed by atoms with van der Waals surface area (Å²) in [5.41, 5.74) is 3.44. The Morgan fingerprint density at radius 1 is 0.474 bits per heavy atom. The number of aliphatic carboxylic acids is 6. The summed E-state index contributed by atoms with van der Waals surface area (Å²) in [6, 6.07) is 17.5. The number of ether oxygens (including phenoxy) is 4. The summed E-state index contributed by atoms with van der Waals surface area (Å²) >= 11 is 17.0. The van der Waals surface area contributed by atoms with Crippen LogP contribution in [-0.2, 0) is 67.2 Å².